The Labute approximate surface area is 231 Å². The van der Waals surface area contributed by atoms with Crippen LogP contribution in [0.1, 0.15) is 38.7 Å². The first kappa shape index (κ1) is 25.6. The lowest BCUT2D eigenvalue weighted by Gasteiger charge is -2.42. The summed E-state index contributed by atoms with van der Waals surface area (Å²) in [6.07, 6.45) is 6.72. The van der Waals surface area contributed by atoms with Gasteiger partial charge in [0.1, 0.15) is 11.5 Å². The quantitative estimate of drug-likeness (QED) is 0.241. The number of aromatic nitrogens is 3. The maximum absolute atomic E-state index is 14.2. The lowest BCUT2D eigenvalue weighted by molar-refractivity contribution is 0.144. The third-order valence-electron chi connectivity index (χ3n) is 7.58. The molecule has 3 aromatic heterocycles. The molecule has 1 saturated carbocycles. The van der Waals surface area contributed by atoms with Crippen molar-refractivity contribution in [1.82, 2.24) is 20.1 Å². The van der Waals surface area contributed by atoms with Crippen molar-refractivity contribution in [3.63, 3.8) is 0 Å². The van der Waals surface area contributed by atoms with E-state index >= 15 is 0 Å². The van der Waals surface area contributed by atoms with Gasteiger partial charge in [0.15, 0.2) is 5.58 Å². The molecule has 5 aromatic rings. The first-order valence-corrected chi connectivity index (χ1v) is 13.5. The Hall–Kier alpha value is -4.72. The van der Waals surface area contributed by atoms with Gasteiger partial charge in [-0.1, -0.05) is 68.4 Å². The van der Waals surface area contributed by atoms with Crippen LogP contribution >= 0.6 is 0 Å². The molecule has 8 heteroatoms. The number of fused-ring (bicyclic) bond motifs is 1. The van der Waals surface area contributed by atoms with Crippen molar-refractivity contribution in [2.75, 3.05) is 0 Å². The normalized spacial score (nSPS) is 14.3. The first-order valence-electron chi connectivity index (χ1n) is 13.5. The van der Waals surface area contributed by atoms with Crippen LogP contribution in [0.2, 0.25) is 0 Å². The Morgan fingerprint density at radius 2 is 1.80 bits per heavy atom. The van der Waals surface area contributed by atoms with Crippen LogP contribution < -0.4 is 10.7 Å². The van der Waals surface area contributed by atoms with Gasteiger partial charge >= 0.3 is 6.09 Å². The number of amides is 1. The van der Waals surface area contributed by atoms with Crippen LogP contribution in [0, 0.1) is 5.92 Å². The van der Waals surface area contributed by atoms with Crippen LogP contribution in [-0.4, -0.2) is 26.0 Å². The average molecular weight is 535 g/mol. The lowest BCUT2D eigenvalue weighted by atomic mass is 9.71. The molecule has 3 heterocycles. The summed E-state index contributed by atoms with van der Waals surface area (Å²) in [7, 11) is 0. The summed E-state index contributed by atoms with van der Waals surface area (Å²) in [5, 5.41) is 17.0. The van der Waals surface area contributed by atoms with Crippen LogP contribution in [-0.2, 0) is 12.1 Å². The highest BCUT2D eigenvalue weighted by molar-refractivity contribution is 5.95. The number of hydrogen-bond donors (Lipinski definition) is 2. The number of rotatable bonds is 7. The summed E-state index contributed by atoms with van der Waals surface area (Å²) in [6, 6.07) is 18.8. The van der Waals surface area contributed by atoms with Gasteiger partial charge in [-0.3, -0.25) is 14.5 Å². The second-order valence-electron chi connectivity index (χ2n) is 10.8. The van der Waals surface area contributed by atoms with E-state index in [-0.39, 0.29) is 5.43 Å². The standard InChI is InChI=1S/C32H30N4O4/c1-20(2)18-36-19-23(17-34-36)27-30-25(13-16-33-27)28(37)26(29(40-30)22-7-4-3-5-8-22)21-9-11-24(12-10-21)32(14-6-15-32)35-31(38)39/h3-5,7-13,16-17,19-20,35H,6,14-15,18H2,1-2H3,(H,38,39). The van der Waals surface area contributed by atoms with Gasteiger partial charge in [0.25, 0.3) is 0 Å². The van der Waals surface area contributed by atoms with Crippen LogP contribution in [0.25, 0.3) is 44.7 Å². The Morgan fingerprint density at radius 1 is 1.05 bits per heavy atom. The molecule has 0 aliphatic heterocycles. The topological polar surface area (TPSA) is 110 Å². The summed E-state index contributed by atoms with van der Waals surface area (Å²) in [5.41, 5.74) is 3.83. The molecule has 6 rings (SSSR count). The molecule has 0 saturated heterocycles. The van der Waals surface area contributed by atoms with Gasteiger partial charge in [0, 0.05) is 30.1 Å². The average Bonchev–Trinajstić information content (AvgIpc) is 3.38. The van der Waals surface area contributed by atoms with Crippen molar-refractivity contribution in [3.8, 4) is 33.7 Å². The zero-order chi connectivity index (χ0) is 27.9. The van der Waals surface area contributed by atoms with Crippen LogP contribution in [0.4, 0.5) is 4.79 Å². The molecule has 0 spiro atoms. The molecule has 1 amide bonds. The number of pyridine rings is 1. The largest absolute Gasteiger partial charge is 0.465 e. The van der Waals surface area contributed by atoms with Crippen molar-refractivity contribution >= 4 is 17.1 Å². The second-order valence-corrected chi connectivity index (χ2v) is 10.8. The maximum atomic E-state index is 14.2. The molecule has 2 aromatic carbocycles. The van der Waals surface area contributed by atoms with Gasteiger partial charge in [-0.05, 0) is 42.4 Å². The molecule has 8 nitrogen and oxygen atoms in total. The molecule has 1 aliphatic carbocycles. The number of hydrogen-bond acceptors (Lipinski definition) is 5. The fourth-order valence-corrected chi connectivity index (χ4v) is 5.52. The van der Waals surface area contributed by atoms with E-state index in [1.54, 1.807) is 18.5 Å². The summed E-state index contributed by atoms with van der Waals surface area (Å²) in [5.74, 6) is 0.889. The van der Waals surface area contributed by atoms with E-state index < -0.39 is 11.6 Å². The third-order valence-corrected chi connectivity index (χ3v) is 7.58. The minimum Gasteiger partial charge on any atom is -0.465 e. The number of benzene rings is 2. The third kappa shape index (κ3) is 4.55. The van der Waals surface area contributed by atoms with Crippen molar-refractivity contribution in [1.29, 1.82) is 0 Å². The summed E-state index contributed by atoms with van der Waals surface area (Å²) < 4.78 is 8.46. The number of carbonyl (C=O) groups is 1. The van der Waals surface area contributed by atoms with Crippen LogP contribution in [0.3, 0.4) is 0 Å². The van der Waals surface area contributed by atoms with Crippen molar-refractivity contribution in [2.24, 2.45) is 5.92 Å². The van der Waals surface area contributed by atoms with E-state index in [1.165, 1.54) is 0 Å². The SMILES string of the molecule is CC(C)Cn1cc(-c2nccc3c(=O)c(-c4ccc(C5(NC(=O)O)CCC5)cc4)c(-c4ccccc4)oc23)cn1. The van der Waals surface area contributed by atoms with Crippen LogP contribution in [0.5, 0.6) is 0 Å². The molecule has 202 valence electrons. The van der Waals surface area contributed by atoms with E-state index in [0.717, 1.165) is 42.5 Å². The second kappa shape index (κ2) is 10.1. The molecule has 0 bridgehead atoms. The molecule has 2 N–H and O–H groups in total. The molecule has 40 heavy (non-hydrogen) atoms. The van der Waals surface area contributed by atoms with E-state index in [4.69, 9.17) is 4.42 Å². The van der Waals surface area contributed by atoms with E-state index in [9.17, 15) is 14.7 Å². The number of nitrogens with zero attached hydrogens (tertiary/aromatic N) is 3. The highest BCUT2D eigenvalue weighted by Gasteiger charge is 2.40. The Balaban J connectivity index is 1.52. The molecule has 0 atom stereocenters. The minimum absolute atomic E-state index is 0.159. The predicted molar refractivity (Wildman–Crippen MR) is 154 cm³/mol. The Bertz CT molecular complexity index is 1750. The highest BCUT2D eigenvalue weighted by Crippen LogP contribution is 2.42. The van der Waals surface area contributed by atoms with Gasteiger partial charge < -0.3 is 14.8 Å². The molecule has 1 fully saturated rings. The maximum Gasteiger partial charge on any atom is 0.405 e. The number of nitrogens with one attached hydrogen (secondary N) is 1. The summed E-state index contributed by atoms with van der Waals surface area (Å²) >= 11 is 0. The molecular formula is C32H30N4O4. The summed E-state index contributed by atoms with van der Waals surface area (Å²) in [4.78, 5) is 30.2. The van der Waals surface area contributed by atoms with E-state index in [0.29, 0.717) is 39.5 Å². The highest BCUT2D eigenvalue weighted by atomic mass is 16.4. The smallest absolute Gasteiger partial charge is 0.405 e. The first-order chi connectivity index (χ1) is 19.3. The fourth-order valence-electron chi connectivity index (χ4n) is 5.52. The van der Waals surface area contributed by atoms with Crippen molar-refractivity contribution in [3.05, 3.63) is 95.0 Å². The van der Waals surface area contributed by atoms with Crippen LogP contribution in [0.15, 0.2) is 88.5 Å². The monoisotopic (exact) mass is 534 g/mol. The molecule has 0 radical (unpaired) electrons. The van der Waals surface area contributed by atoms with Gasteiger partial charge in [0.2, 0.25) is 5.43 Å². The zero-order valence-corrected chi connectivity index (χ0v) is 22.4. The Kier molecular flexibility index (Phi) is 6.46. The molecular weight excluding hydrogens is 504 g/mol. The predicted octanol–water partition coefficient (Wildman–Crippen LogP) is 6.69. The Morgan fingerprint density at radius 3 is 2.45 bits per heavy atom. The van der Waals surface area contributed by atoms with Gasteiger partial charge in [-0.15, -0.1) is 0 Å². The zero-order valence-electron chi connectivity index (χ0n) is 22.4. The number of carboxylic acid groups (broad SMARTS) is 1. The lowest BCUT2D eigenvalue weighted by Crippen LogP contribution is -2.50. The fraction of sp³-hybridized carbons (Fsp3) is 0.250. The molecule has 1 aliphatic rings. The summed E-state index contributed by atoms with van der Waals surface area (Å²) in [6.45, 7) is 5.03. The van der Waals surface area contributed by atoms with Gasteiger partial charge in [0.05, 0.1) is 22.7 Å². The van der Waals surface area contributed by atoms with E-state index in [1.807, 2.05) is 65.5 Å². The van der Waals surface area contributed by atoms with Crippen molar-refractivity contribution < 1.29 is 14.3 Å². The van der Waals surface area contributed by atoms with Gasteiger partial charge in [-0.2, -0.15) is 5.10 Å². The minimum atomic E-state index is -1.04. The van der Waals surface area contributed by atoms with Crippen molar-refractivity contribution in [2.45, 2.75) is 45.2 Å². The molecule has 0 unspecified atom stereocenters. The van der Waals surface area contributed by atoms with Gasteiger partial charge in [-0.25, -0.2) is 4.79 Å². The van der Waals surface area contributed by atoms with E-state index in [2.05, 4.69) is 29.2 Å².